The van der Waals surface area contributed by atoms with Gasteiger partial charge in [0, 0.05) is 30.0 Å². The van der Waals surface area contributed by atoms with Crippen molar-refractivity contribution < 1.29 is 19.1 Å². The van der Waals surface area contributed by atoms with Gasteiger partial charge in [-0.15, -0.1) is 11.3 Å². The van der Waals surface area contributed by atoms with Crippen molar-refractivity contribution in [1.82, 2.24) is 19.7 Å². The van der Waals surface area contributed by atoms with Gasteiger partial charge in [0.2, 0.25) is 5.91 Å². The summed E-state index contributed by atoms with van der Waals surface area (Å²) < 4.78 is 6.07. The molecule has 2 aromatic rings. The van der Waals surface area contributed by atoms with Crippen molar-refractivity contribution in [2.75, 3.05) is 39.9 Å². The molecular weight excluding hydrogens is 472 g/mol. The molecule has 30 heavy (non-hydrogen) atoms. The van der Waals surface area contributed by atoms with Gasteiger partial charge < -0.3 is 9.64 Å². The lowest BCUT2D eigenvalue weighted by atomic mass is 10.1. The Bertz CT molecular complexity index is 989. The number of morpholine rings is 1. The maximum atomic E-state index is 12.7. The van der Waals surface area contributed by atoms with Crippen LogP contribution in [0.2, 0.25) is 0 Å². The van der Waals surface area contributed by atoms with Crippen molar-refractivity contribution in [2.45, 2.75) is 13.1 Å². The summed E-state index contributed by atoms with van der Waals surface area (Å²) in [4.78, 5) is 47.1. The van der Waals surface area contributed by atoms with Gasteiger partial charge in [-0.05, 0) is 18.2 Å². The van der Waals surface area contributed by atoms with Crippen molar-refractivity contribution in [1.29, 1.82) is 0 Å². The van der Waals surface area contributed by atoms with E-state index >= 15 is 0 Å². The Labute approximate surface area is 186 Å². The SMILES string of the molecule is CN(Cc1csc(CN2CCOCC2)n1)C(=O)CN1C(=O)c2ccc(Br)cc2C1=O. The third-order valence-corrected chi connectivity index (χ3v) is 6.49. The van der Waals surface area contributed by atoms with Crippen LogP contribution in [0.5, 0.6) is 0 Å². The van der Waals surface area contributed by atoms with Crippen molar-refractivity contribution in [3.8, 4) is 0 Å². The van der Waals surface area contributed by atoms with Crippen LogP contribution < -0.4 is 0 Å². The lowest BCUT2D eigenvalue weighted by Crippen LogP contribution is -2.41. The Morgan fingerprint density at radius 1 is 1.23 bits per heavy atom. The Morgan fingerprint density at radius 3 is 2.73 bits per heavy atom. The fourth-order valence-corrected chi connectivity index (χ4v) is 4.63. The predicted octanol–water partition coefficient (Wildman–Crippen LogP) is 1.99. The number of imide groups is 1. The number of amides is 3. The molecule has 3 amide bonds. The average Bonchev–Trinajstić information content (AvgIpc) is 3.26. The third-order valence-electron chi connectivity index (χ3n) is 5.11. The number of hydrogen-bond donors (Lipinski definition) is 0. The maximum Gasteiger partial charge on any atom is 0.262 e. The molecule has 0 saturated carbocycles. The van der Waals surface area contributed by atoms with Gasteiger partial charge in [0.15, 0.2) is 0 Å². The first-order chi connectivity index (χ1) is 14.4. The molecular formula is C20H21BrN4O4S. The number of likely N-dealkylation sites (N-methyl/N-ethyl adjacent to an activating group) is 1. The van der Waals surface area contributed by atoms with E-state index < -0.39 is 11.8 Å². The first-order valence-corrected chi connectivity index (χ1v) is 11.2. The van der Waals surface area contributed by atoms with Gasteiger partial charge in [-0.2, -0.15) is 0 Å². The van der Waals surface area contributed by atoms with Gasteiger partial charge in [0.1, 0.15) is 11.6 Å². The number of hydrogen-bond acceptors (Lipinski definition) is 7. The fraction of sp³-hybridized carbons (Fsp3) is 0.400. The van der Waals surface area contributed by atoms with Crippen LogP contribution in [0.15, 0.2) is 28.1 Å². The molecule has 10 heteroatoms. The summed E-state index contributed by atoms with van der Waals surface area (Å²) in [5.74, 6) is -1.20. The van der Waals surface area contributed by atoms with E-state index in [-0.39, 0.29) is 12.5 Å². The predicted molar refractivity (Wildman–Crippen MR) is 114 cm³/mol. The molecule has 0 bridgehead atoms. The third kappa shape index (κ3) is 4.46. The molecule has 8 nitrogen and oxygen atoms in total. The molecule has 0 aliphatic carbocycles. The zero-order valence-electron chi connectivity index (χ0n) is 16.5. The van der Waals surface area contributed by atoms with E-state index in [4.69, 9.17) is 4.74 Å². The highest BCUT2D eigenvalue weighted by molar-refractivity contribution is 9.10. The second kappa shape index (κ2) is 8.93. The van der Waals surface area contributed by atoms with Gasteiger partial charge >= 0.3 is 0 Å². The number of aromatic nitrogens is 1. The van der Waals surface area contributed by atoms with Gasteiger partial charge in [-0.3, -0.25) is 24.2 Å². The minimum absolute atomic E-state index is 0.286. The van der Waals surface area contributed by atoms with Gasteiger partial charge in [-0.25, -0.2) is 4.98 Å². The van der Waals surface area contributed by atoms with Crippen molar-refractivity contribution >= 4 is 45.0 Å². The molecule has 0 radical (unpaired) electrons. The molecule has 4 rings (SSSR count). The summed E-state index contributed by atoms with van der Waals surface area (Å²) in [6, 6.07) is 4.91. The van der Waals surface area contributed by atoms with E-state index in [1.54, 1.807) is 36.6 Å². The Morgan fingerprint density at radius 2 is 1.97 bits per heavy atom. The second-order valence-electron chi connectivity index (χ2n) is 7.26. The average molecular weight is 493 g/mol. The van der Waals surface area contributed by atoms with Crippen LogP contribution in [0.1, 0.15) is 31.4 Å². The molecule has 0 unspecified atom stereocenters. The number of halogens is 1. The minimum atomic E-state index is -0.445. The van der Waals surface area contributed by atoms with Crippen LogP contribution in [-0.4, -0.2) is 77.3 Å². The van der Waals surface area contributed by atoms with Crippen molar-refractivity contribution in [3.63, 3.8) is 0 Å². The topological polar surface area (TPSA) is 83.1 Å². The molecule has 1 aromatic carbocycles. The lowest BCUT2D eigenvalue weighted by Gasteiger charge is -2.25. The lowest BCUT2D eigenvalue weighted by molar-refractivity contribution is -0.130. The summed E-state index contributed by atoms with van der Waals surface area (Å²) >= 11 is 4.87. The number of carbonyl (C=O) groups is 3. The molecule has 158 valence electrons. The first-order valence-electron chi connectivity index (χ1n) is 9.55. The number of rotatable bonds is 6. The summed E-state index contributed by atoms with van der Waals surface area (Å²) in [7, 11) is 1.65. The van der Waals surface area contributed by atoms with Crippen LogP contribution in [0.4, 0.5) is 0 Å². The van der Waals surface area contributed by atoms with Crippen LogP contribution >= 0.6 is 27.3 Å². The molecule has 0 spiro atoms. The number of ether oxygens (including phenoxy) is 1. The number of nitrogens with zero attached hydrogens (tertiary/aromatic N) is 4. The number of thiazole rings is 1. The minimum Gasteiger partial charge on any atom is -0.379 e. The van der Waals surface area contributed by atoms with Gasteiger partial charge in [-0.1, -0.05) is 15.9 Å². The zero-order chi connectivity index (χ0) is 21.3. The molecule has 3 heterocycles. The van der Waals surface area contributed by atoms with Crippen molar-refractivity contribution in [2.24, 2.45) is 0 Å². The number of benzene rings is 1. The van der Waals surface area contributed by atoms with Crippen LogP contribution in [0, 0.1) is 0 Å². The standard InChI is InChI=1S/C20H21BrN4O4S/c1-23(9-14-12-30-17(22-14)10-24-4-6-29-7-5-24)18(26)11-25-19(27)15-3-2-13(21)8-16(15)20(25)28/h2-3,8,12H,4-7,9-11H2,1H3. The van der Waals surface area contributed by atoms with E-state index in [0.717, 1.165) is 48.4 Å². The second-order valence-corrected chi connectivity index (χ2v) is 9.12. The quantitative estimate of drug-likeness (QED) is 0.573. The van der Waals surface area contributed by atoms with Crippen LogP contribution in [0.25, 0.3) is 0 Å². The molecule has 1 fully saturated rings. The van der Waals surface area contributed by atoms with E-state index in [0.29, 0.717) is 22.1 Å². The first kappa shape index (κ1) is 21.1. The highest BCUT2D eigenvalue weighted by atomic mass is 79.9. The summed E-state index contributed by atoms with van der Waals surface area (Å²) in [5, 5.41) is 2.94. The molecule has 2 aliphatic heterocycles. The van der Waals surface area contributed by atoms with Crippen LogP contribution in [-0.2, 0) is 22.6 Å². The Kier molecular flexibility index (Phi) is 6.28. The zero-order valence-corrected chi connectivity index (χ0v) is 18.9. The highest BCUT2D eigenvalue weighted by Crippen LogP contribution is 2.26. The summed E-state index contributed by atoms with van der Waals surface area (Å²) in [6.45, 7) is 4.08. The maximum absolute atomic E-state index is 12.7. The monoisotopic (exact) mass is 492 g/mol. The molecule has 1 saturated heterocycles. The summed E-state index contributed by atoms with van der Waals surface area (Å²) in [6.07, 6.45) is 0. The molecule has 0 atom stereocenters. The highest BCUT2D eigenvalue weighted by Gasteiger charge is 2.37. The summed E-state index contributed by atoms with van der Waals surface area (Å²) in [5.41, 5.74) is 1.44. The molecule has 2 aliphatic rings. The number of carbonyl (C=O) groups excluding carboxylic acids is 3. The van der Waals surface area contributed by atoms with E-state index in [1.807, 2.05) is 5.38 Å². The van der Waals surface area contributed by atoms with E-state index in [1.165, 1.54) is 4.90 Å². The fourth-order valence-electron chi connectivity index (χ4n) is 3.44. The van der Waals surface area contributed by atoms with Gasteiger partial charge in [0.25, 0.3) is 11.8 Å². The van der Waals surface area contributed by atoms with Crippen molar-refractivity contribution in [3.05, 3.63) is 49.9 Å². The number of fused-ring (bicyclic) bond motifs is 1. The molecule has 0 N–H and O–H groups in total. The van der Waals surface area contributed by atoms with E-state index in [9.17, 15) is 14.4 Å². The van der Waals surface area contributed by atoms with E-state index in [2.05, 4.69) is 25.8 Å². The normalized spacial score (nSPS) is 16.8. The Balaban J connectivity index is 1.34. The smallest absolute Gasteiger partial charge is 0.262 e. The van der Waals surface area contributed by atoms with Gasteiger partial charge in [0.05, 0.1) is 43.1 Å². The largest absolute Gasteiger partial charge is 0.379 e. The Hall–Kier alpha value is -2.14. The molecule has 1 aromatic heterocycles. The van der Waals surface area contributed by atoms with Crippen LogP contribution in [0.3, 0.4) is 0 Å².